The Hall–Kier alpha value is -1.16. The SMILES string of the molecule is CSc1cccc(NCCCC2CCCC2)c1C(=O)O. The Kier molecular flexibility index (Phi) is 5.77. The average molecular weight is 293 g/mol. The van der Waals surface area contributed by atoms with Gasteiger partial charge in [-0.2, -0.15) is 0 Å². The van der Waals surface area contributed by atoms with Crippen molar-refractivity contribution < 1.29 is 9.90 Å². The standard InChI is InChI=1S/C16H23NO2S/c1-20-14-10-4-9-13(15(14)16(18)19)17-11-5-8-12-6-2-3-7-12/h4,9-10,12,17H,2-3,5-8,11H2,1H3,(H,18,19). The monoisotopic (exact) mass is 293 g/mol. The first-order valence-corrected chi connectivity index (χ1v) is 8.59. The smallest absolute Gasteiger partial charge is 0.338 e. The van der Waals surface area contributed by atoms with Gasteiger partial charge in [0.25, 0.3) is 0 Å². The molecule has 1 aliphatic rings. The molecule has 1 fully saturated rings. The molecule has 110 valence electrons. The van der Waals surface area contributed by atoms with Crippen molar-refractivity contribution in [2.45, 2.75) is 43.4 Å². The molecule has 4 heteroatoms. The van der Waals surface area contributed by atoms with E-state index in [0.29, 0.717) is 5.56 Å². The summed E-state index contributed by atoms with van der Waals surface area (Å²) in [4.78, 5) is 12.2. The number of carboxylic acids is 1. The number of anilines is 1. The maximum absolute atomic E-state index is 11.4. The fourth-order valence-electron chi connectivity index (χ4n) is 2.98. The van der Waals surface area contributed by atoms with E-state index in [2.05, 4.69) is 5.32 Å². The number of aromatic carboxylic acids is 1. The van der Waals surface area contributed by atoms with Crippen LogP contribution in [-0.2, 0) is 0 Å². The average Bonchev–Trinajstić information content (AvgIpc) is 2.96. The molecule has 0 unspecified atom stereocenters. The summed E-state index contributed by atoms with van der Waals surface area (Å²) in [7, 11) is 0. The maximum atomic E-state index is 11.4. The number of benzene rings is 1. The molecule has 2 rings (SSSR count). The predicted molar refractivity (Wildman–Crippen MR) is 84.9 cm³/mol. The van der Waals surface area contributed by atoms with E-state index in [1.165, 1.54) is 43.9 Å². The summed E-state index contributed by atoms with van der Waals surface area (Å²) in [5.74, 6) is 0.0431. The second-order valence-electron chi connectivity index (χ2n) is 5.41. The molecule has 3 nitrogen and oxygen atoms in total. The third-order valence-electron chi connectivity index (χ3n) is 4.04. The minimum atomic E-state index is -0.853. The lowest BCUT2D eigenvalue weighted by Crippen LogP contribution is -2.09. The van der Waals surface area contributed by atoms with E-state index in [9.17, 15) is 9.90 Å². The predicted octanol–water partition coefficient (Wildman–Crippen LogP) is 4.49. The molecule has 0 aromatic heterocycles. The van der Waals surface area contributed by atoms with E-state index in [4.69, 9.17) is 0 Å². The van der Waals surface area contributed by atoms with Crippen molar-refractivity contribution in [3.8, 4) is 0 Å². The van der Waals surface area contributed by atoms with Gasteiger partial charge in [0.1, 0.15) is 0 Å². The molecule has 0 amide bonds. The van der Waals surface area contributed by atoms with Crippen LogP contribution in [0.2, 0.25) is 0 Å². The topological polar surface area (TPSA) is 49.3 Å². The van der Waals surface area contributed by atoms with Gasteiger partial charge in [-0.05, 0) is 37.1 Å². The number of carbonyl (C=O) groups is 1. The van der Waals surface area contributed by atoms with E-state index in [-0.39, 0.29) is 0 Å². The lowest BCUT2D eigenvalue weighted by Gasteiger charge is -2.13. The summed E-state index contributed by atoms with van der Waals surface area (Å²) >= 11 is 1.48. The van der Waals surface area contributed by atoms with Gasteiger partial charge in [0, 0.05) is 17.1 Å². The number of hydrogen-bond acceptors (Lipinski definition) is 3. The minimum Gasteiger partial charge on any atom is -0.478 e. The fourth-order valence-corrected chi connectivity index (χ4v) is 3.60. The summed E-state index contributed by atoms with van der Waals surface area (Å²) in [5, 5.41) is 12.7. The molecule has 0 heterocycles. The molecule has 0 spiro atoms. The van der Waals surface area contributed by atoms with Gasteiger partial charge in [0.2, 0.25) is 0 Å². The molecule has 1 aromatic carbocycles. The van der Waals surface area contributed by atoms with Gasteiger partial charge in [0.05, 0.1) is 5.56 Å². The summed E-state index contributed by atoms with van der Waals surface area (Å²) in [6.07, 6.45) is 9.81. The molecule has 1 aliphatic carbocycles. The van der Waals surface area contributed by atoms with Gasteiger partial charge in [-0.25, -0.2) is 4.79 Å². The van der Waals surface area contributed by atoms with Crippen molar-refractivity contribution in [2.75, 3.05) is 18.1 Å². The molecule has 0 atom stereocenters. The lowest BCUT2D eigenvalue weighted by molar-refractivity contribution is 0.0694. The molecule has 1 saturated carbocycles. The van der Waals surface area contributed by atoms with Crippen LogP contribution in [0.15, 0.2) is 23.1 Å². The molecular weight excluding hydrogens is 270 g/mol. The molecule has 2 N–H and O–H groups in total. The normalized spacial score (nSPS) is 15.4. The van der Waals surface area contributed by atoms with Gasteiger partial charge in [-0.15, -0.1) is 11.8 Å². The second-order valence-corrected chi connectivity index (χ2v) is 6.26. The van der Waals surface area contributed by atoms with E-state index < -0.39 is 5.97 Å². The van der Waals surface area contributed by atoms with E-state index in [1.54, 1.807) is 0 Å². The largest absolute Gasteiger partial charge is 0.478 e. The van der Waals surface area contributed by atoms with Crippen LogP contribution in [0.1, 0.15) is 48.9 Å². The van der Waals surface area contributed by atoms with Crippen LogP contribution in [0.3, 0.4) is 0 Å². The highest BCUT2D eigenvalue weighted by Crippen LogP contribution is 2.29. The van der Waals surface area contributed by atoms with Gasteiger partial charge < -0.3 is 10.4 Å². The van der Waals surface area contributed by atoms with Gasteiger partial charge >= 0.3 is 5.97 Å². The van der Waals surface area contributed by atoms with Gasteiger partial charge in [-0.1, -0.05) is 31.7 Å². The van der Waals surface area contributed by atoms with Gasteiger partial charge in [0.15, 0.2) is 0 Å². The van der Waals surface area contributed by atoms with Crippen molar-refractivity contribution in [3.63, 3.8) is 0 Å². The minimum absolute atomic E-state index is 0.404. The van der Waals surface area contributed by atoms with E-state index >= 15 is 0 Å². The summed E-state index contributed by atoms with van der Waals surface area (Å²) in [6.45, 7) is 0.856. The highest BCUT2D eigenvalue weighted by molar-refractivity contribution is 7.98. The Bertz CT molecular complexity index is 456. The Morgan fingerprint density at radius 3 is 2.80 bits per heavy atom. The zero-order valence-corrected chi connectivity index (χ0v) is 12.8. The third-order valence-corrected chi connectivity index (χ3v) is 4.82. The molecule has 0 radical (unpaired) electrons. The first-order chi connectivity index (χ1) is 9.72. The summed E-state index contributed by atoms with van der Waals surface area (Å²) in [6, 6.07) is 5.63. The summed E-state index contributed by atoms with van der Waals surface area (Å²) in [5.41, 5.74) is 1.15. The van der Waals surface area contributed by atoms with Crippen molar-refractivity contribution in [1.29, 1.82) is 0 Å². The molecule has 0 aliphatic heterocycles. The molecule has 0 bridgehead atoms. The Morgan fingerprint density at radius 1 is 1.40 bits per heavy atom. The molecule has 1 aromatic rings. The second kappa shape index (κ2) is 7.58. The van der Waals surface area contributed by atoms with E-state index in [1.807, 2.05) is 24.5 Å². The Balaban J connectivity index is 1.89. The van der Waals surface area contributed by atoms with E-state index in [0.717, 1.165) is 29.5 Å². The van der Waals surface area contributed by atoms with Crippen LogP contribution in [0.5, 0.6) is 0 Å². The van der Waals surface area contributed by atoms with Crippen LogP contribution in [-0.4, -0.2) is 23.9 Å². The zero-order chi connectivity index (χ0) is 14.4. The van der Waals surface area contributed by atoms with Crippen LogP contribution in [0, 0.1) is 5.92 Å². The lowest BCUT2D eigenvalue weighted by atomic mass is 10.0. The van der Waals surface area contributed by atoms with Crippen molar-refractivity contribution in [1.82, 2.24) is 0 Å². The number of hydrogen-bond donors (Lipinski definition) is 2. The third kappa shape index (κ3) is 3.92. The molecule has 0 saturated heterocycles. The molecule has 20 heavy (non-hydrogen) atoms. The highest BCUT2D eigenvalue weighted by atomic mass is 32.2. The van der Waals surface area contributed by atoms with Crippen LogP contribution >= 0.6 is 11.8 Å². The number of rotatable bonds is 7. The number of thioether (sulfide) groups is 1. The van der Waals surface area contributed by atoms with Crippen molar-refractivity contribution in [2.24, 2.45) is 5.92 Å². The Morgan fingerprint density at radius 2 is 2.15 bits per heavy atom. The van der Waals surface area contributed by atoms with Gasteiger partial charge in [-0.3, -0.25) is 0 Å². The zero-order valence-electron chi connectivity index (χ0n) is 12.0. The first-order valence-electron chi connectivity index (χ1n) is 7.36. The first kappa shape index (κ1) is 15.2. The summed E-state index contributed by atoms with van der Waals surface area (Å²) < 4.78 is 0. The Labute approximate surface area is 125 Å². The van der Waals surface area contributed by atoms with Crippen molar-refractivity contribution >= 4 is 23.4 Å². The maximum Gasteiger partial charge on any atom is 0.338 e. The highest BCUT2D eigenvalue weighted by Gasteiger charge is 2.16. The fraction of sp³-hybridized carbons (Fsp3) is 0.562. The van der Waals surface area contributed by atoms with Crippen LogP contribution < -0.4 is 5.32 Å². The quantitative estimate of drug-likeness (QED) is 0.574. The molecular formula is C16H23NO2S. The van der Waals surface area contributed by atoms with Crippen LogP contribution in [0.4, 0.5) is 5.69 Å². The van der Waals surface area contributed by atoms with Crippen LogP contribution in [0.25, 0.3) is 0 Å². The van der Waals surface area contributed by atoms with Crippen molar-refractivity contribution in [3.05, 3.63) is 23.8 Å². The number of nitrogens with one attached hydrogen (secondary N) is 1. The number of carboxylic acid groups (broad SMARTS) is 1.